The summed E-state index contributed by atoms with van der Waals surface area (Å²) in [6, 6.07) is 7.41. The summed E-state index contributed by atoms with van der Waals surface area (Å²) in [5.74, 6) is 0.792. The SMILES string of the molecule is CCC12Oc3ccccc3C13CCC(CC3)OCC1[C@@H](NS(C)(=O)=O)CCN1C2=O. The van der Waals surface area contributed by atoms with Crippen molar-refractivity contribution < 1.29 is 22.7 Å². The summed E-state index contributed by atoms with van der Waals surface area (Å²) in [6.07, 6.45) is 5.94. The average Bonchev–Trinajstić information content (AvgIpc) is 3.23. The molecule has 1 amide bonds. The number of carbonyl (C=O) groups is 1. The molecule has 2 unspecified atom stereocenters. The summed E-state index contributed by atoms with van der Waals surface area (Å²) in [4.78, 5) is 16.0. The zero-order valence-electron chi connectivity index (χ0n) is 17.6. The lowest BCUT2D eigenvalue weighted by Crippen LogP contribution is -2.65. The van der Waals surface area contributed by atoms with E-state index in [2.05, 4.69) is 10.8 Å². The molecule has 164 valence electrons. The minimum atomic E-state index is -3.38. The van der Waals surface area contributed by atoms with Crippen molar-refractivity contribution in [3.05, 3.63) is 29.8 Å². The van der Waals surface area contributed by atoms with Gasteiger partial charge in [0.15, 0.2) is 5.60 Å². The number of carbonyl (C=O) groups excluding carboxylic acids is 1. The zero-order valence-corrected chi connectivity index (χ0v) is 18.4. The molecule has 8 heteroatoms. The molecule has 1 aliphatic carbocycles. The van der Waals surface area contributed by atoms with Crippen molar-refractivity contribution in [1.82, 2.24) is 9.62 Å². The molecule has 3 atom stereocenters. The highest BCUT2D eigenvalue weighted by Gasteiger charge is 2.66. The molecule has 2 bridgehead atoms. The molecular formula is C22H30N2O5S. The molecule has 30 heavy (non-hydrogen) atoms. The van der Waals surface area contributed by atoms with Crippen molar-refractivity contribution >= 4 is 15.9 Å². The number of amides is 1. The van der Waals surface area contributed by atoms with Gasteiger partial charge in [-0.25, -0.2) is 13.1 Å². The Hall–Kier alpha value is -1.64. The largest absolute Gasteiger partial charge is 0.476 e. The second-order valence-electron chi connectivity index (χ2n) is 9.24. The van der Waals surface area contributed by atoms with Crippen molar-refractivity contribution in [3.8, 4) is 5.75 Å². The van der Waals surface area contributed by atoms with Gasteiger partial charge >= 0.3 is 0 Å². The van der Waals surface area contributed by atoms with Crippen molar-refractivity contribution in [1.29, 1.82) is 0 Å². The van der Waals surface area contributed by atoms with Crippen LogP contribution in [0.4, 0.5) is 0 Å². The number of hydrogen-bond donors (Lipinski definition) is 1. The summed E-state index contributed by atoms with van der Waals surface area (Å²) in [7, 11) is -3.38. The van der Waals surface area contributed by atoms with E-state index in [0.29, 0.717) is 26.0 Å². The minimum absolute atomic E-state index is 0.0204. The lowest BCUT2D eigenvalue weighted by atomic mass is 9.59. The normalized spacial score (nSPS) is 38.0. The van der Waals surface area contributed by atoms with Crippen LogP contribution >= 0.6 is 0 Å². The first kappa shape index (κ1) is 20.3. The third kappa shape index (κ3) is 2.83. The molecule has 1 spiro atoms. The highest BCUT2D eigenvalue weighted by Crippen LogP contribution is 2.59. The maximum Gasteiger partial charge on any atom is 0.268 e. The number of rotatable bonds is 3. The van der Waals surface area contributed by atoms with Gasteiger partial charge in [-0.1, -0.05) is 25.1 Å². The van der Waals surface area contributed by atoms with Crippen LogP contribution in [-0.2, 0) is 25.0 Å². The van der Waals surface area contributed by atoms with Crippen LogP contribution in [0.5, 0.6) is 5.75 Å². The van der Waals surface area contributed by atoms with Gasteiger partial charge in [0.2, 0.25) is 10.0 Å². The third-order valence-corrected chi connectivity index (χ3v) is 8.50. The summed E-state index contributed by atoms with van der Waals surface area (Å²) in [6.45, 7) is 2.89. The van der Waals surface area contributed by atoms with Gasteiger partial charge in [0.05, 0.1) is 25.0 Å². The average molecular weight is 435 g/mol. The molecule has 1 aromatic carbocycles. The Kier molecular flexibility index (Phi) is 4.69. The van der Waals surface area contributed by atoms with Gasteiger partial charge in [0.1, 0.15) is 5.75 Å². The molecule has 4 aliphatic heterocycles. The smallest absolute Gasteiger partial charge is 0.268 e. The summed E-state index contributed by atoms with van der Waals surface area (Å²) in [5, 5.41) is 0. The molecule has 1 N–H and O–H groups in total. The highest BCUT2D eigenvalue weighted by atomic mass is 32.2. The number of nitrogens with one attached hydrogen (secondary N) is 1. The summed E-state index contributed by atoms with van der Waals surface area (Å²) in [5.41, 5.74) is -0.169. The fourth-order valence-electron chi connectivity index (χ4n) is 6.38. The van der Waals surface area contributed by atoms with Crippen LogP contribution in [0.1, 0.15) is 51.0 Å². The molecule has 0 radical (unpaired) electrons. The molecule has 1 aromatic rings. The maximum atomic E-state index is 14.2. The number of fused-ring (bicyclic) bond motifs is 4. The summed E-state index contributed by atoms with van der Waals surface area (Å²) < 4.78 is 39.4. The van der Waals surface area contributed by atoms with E-state index in [4.69, 9.17) is 9.47 Å². The lowest BCUT2D eigenvalue weighted by Gasteiger charge is -2.50. The second-order valence-corrected chi connectivity index (χ2v) is 11.0. The van der Waals surface area contributed by atoms with Gasteiger partial charge in [0.25, 0.3) is 5.91 Å². The van der Waals surface area contributed by atoms with E-state index in [1.165, 1.54) is 6.26 Å². The topological polar surface area (TPSA) is 84.9 Å². The first-order valence-corrected chi connectivity index (χ1v) is 12.9. The van der Waals surface area contributed by atoms with E-state index in [9.17, 15) is 13.2 Å². The van der Waals surface area contributed by atoms with Gasteiger partial charge < -0.3 is 14.4 Å². The van der Waals surface area contributed by atoms with Crippen LogP contribution in [0.15, 0.2) is 24.3 Å². The van der Waals surface area contributed by atoms with E-state index in [-0.39, 0.29) is 29.5 Å². The van der Waals surface area contributed by atoms with Crippen LogP contribution in [0.25, 0.3) is 0 Å². The van der Waals surface area contributed by atoms with E-state index >= 15 is 0 Å². The van der Waals surface area contributed by atoms with E-state index in [1.54, 1.807) is 0 Å². The number of ether oxygens (including phenoxy) is 2. The molecule has 4 fully saturated rings. The quantitative estimate of drug-likeness (QED) is 0.786. The van der Waals surface area contributed by atoms with Crippen LogP contribution in [0, 0.1) is 0 Å². The van der Waals surface area contributed by atoms with Gasteiger partial charge in [-0.05, 0) is 44.6 Å². The Labute approximate surface area is 178 Å². The number of nitrogens with zero attached hydrogens (tertiary/aromatic N) is 1. The first-order valence-electron chi connectivity index (χ1n) is 11.0. The molecule has 0 aromatic heterocycles. The van der Waals surface area contributed by atoms with Crippen molar-refractivity contribution in [2.24, 2.45) is 0 Å². The van der Waals surface area contributed by atoms with Crippen LogP contribution < -0.4 is 9.46 Å². The lowest BCUT2D eigenvalue weighted by molar-refractivity contribution is -0.163. The Morgan fingerprint density at radius 1 is 1.20 bits per heavy atom. The van der Waals surface area contributed by atoms with E-state index in [0.717, 1.165) is 37.0 Å². The number of benzene rings is 1. The molecule has 6 rings (SSSR count). The third-order valence-electron chi connectivity index (χ3n) is 7.76. The van der Waals surface area contributed by atoms with Crippen molar-refractivity contribution in [3.63, 3.8) is 0 Å². The highest BCUT2D eigenvalue weighted by molar-refractivity contribution is 7.88. The summed E-state index contributed by atoms with van der Waals surface area (Å²) >= 11 is 0. The van der Waals surface area contributed by atoms with Gasteiger partial charge in [-0.15, -0.1) is 0 Å². The van der Waals surface area contributed by atoms with Gasteiger partial charge in [0, 0.05) is 23.6 Å². The Morgan fingerprint density at radius 3 is 2.63 bits per heavy atom. The van der Waals surface area contributed by atoms with Gasteiger partial charge in [-0.3, -0.25) is 4.79 Å². The maximum absolute atomic E-state index is 14.2. The first-order chi connectivity index (χ1) is 14.3. The molecule has 7 nitrogen and oxygen atoms in total. The van der Waals surface area contributed by atoms with Crippen LogP contribution in [0.3, 0.4) is 0 Å². The monoisotopic (exact) mass is 434 g/mol. The van der Waals surface area contributed by atoms with Gasteiger partial charge in [-0.2, -0.15) is 0 Å². The predicted molar refractivity (Wildman–Crippen MR) is 112 cm³/mol. The number of para-hydroxylation sites is 1. The molecular weight excluding hydrogens is 404 g/mol. The fourth-order valence-corrected chi connectivity index (χ4v) is 7.20. The second kappa shape index (κ2) is 6.93. The van der Waals surface area contributed by atoms with Crippen LogP contribution in [0.2, 0.25) is 0 Å². The molecule has 5 aliphatic rings. The van der Waals surface area contributed by atoms with E-state index < -0.39 is 15.6 Å². The van der Waals surface area contributed by atoms with Crippen molar-refractivity contribution in [2.45, 2.75) is 74.7 Å². The molecule has 4 heterocycles. The Morgan fingerprint density at radius 2 is 1.93 bits per heavy atom. The Bertz CT molecular complexity index is 956. The minimum Gasteiger partial charge on any atom is -0.476 e. The zero-order chi connectivity index (χ0) is 21.1. The molecule has 1 saturated carbocycles. The van der Waals surface area contributed by atoms with Crippen LogP contribution in [-0.4, -0.2) is 62.4 Å². The fraction of sp³-hybridized carbons (Fsp3) is 0.682. The molecule has 3 saturated heterocycles. The van der Waals surface area contributed by atoms with Crippen molar-refractivity contribution in [2.75, 3.05) is 19.4 Å². The van der Waals surface area contributed by atoms with E-state index in [1.807, 2.05) is 30.0 Å². The standard InChI is InChI=1S/C22H30N2O5S/c1-3-22-20(25)24-13-10-17(23-30(2,26)27)18(24)14-28-15-8-11-21(22,12-9-15)16-6-4-5-7-19(16)29-22/h4-7,15,17-18,23H,3,8-14H2,1-2H3/t15?,17-,18?,21?,22?/m0/s1. The Balaban J connectivity index is 1.60. The number of hydrogen-bond acceptors (Lipinski definition) is 5. The predicted octanol–water partition coefficient (Wildman–Crippen LogP) is 1.96. The number of sulfonamides is 1.